The molecule has 0 rings (SSSR count). The van der Waals surface area contributed by atoms with Gasteiger partial charge in [0.2, 0.25) is 5.91 Å². The van der Waals surface area contributed by atoms with Crippen molar-refractivity contribution in [2.45, 2.75) is 39.3 Å². The zero-order valence-electron chi connectivity index (χ0n) is 10.2. The van der Waals surface area contributed by atoms with Crippen LogP contribution >= 0.6 is 0 Å². The molecule has 5 N–H and O–H groups in total. The SMILES string of the molecule is CC(C)N(CCCN)C(C)C(=O)NC(N)=O. The summed E-state index contributed by atoms with van der Waals surface area (Å²) in [6.07, 6.45) is 0.812. The molecule has 6 nitrogen and oxygen atoms in total. The van der Waals surface area contributed by atoms with Gasteiger partial charge in [0.25, 0.3) is 0 Å². The molecular weight excluding hydrogens is 208 g/mol. The van der Waals surface area contributed by atoms with Crippen molar-refractivity contribution in [1.29, 1.82) is 0 Å². The Hall–Kier alpha value is -1.14. The summed E-state index contributed by atoms with van der Waals surface area (Å²) in [7, 11) is 0. The Bertz CT molecular complexity index is 243. The number of rotatable bonds is 6. The van der Waals surface area contributed by atoms with Gasteiger partial charge in [0.1, 0.15) is 0 Å². The Balaban J connectivity index is 4.41. The first-order valence-corrected chi connectivity index (χ1v) is 5.46. The van der Waals surface area contributed by atoms with E-state index in [1.54, 1.807) is 6.92 Å². The Morgan fingerprint density at radius 1 is 1.31 bits per heavy atom. The van der Waals surface area contributed by atoms with E-state index in [1.807, 2.05) is 18.7 Å². The summed E-state index contributed by atoms with van der Waals surface area (Å²) in [6.45, 7) is 7.03. The van der Waals surface area contributed by atoms with E-state index in [-0.39, 0.29) is 18.0 Å². The summed E-state index contributed by atoms with van der Waals surface area (Å²) >= 11 is 0. The van der Waals surface area contributed by atoms with Crippen molar-refractivity contribution < 1.29 is 9.59 Å². The molecule has 0 bridgehead atoms. The molecule has 1 atom stereocenters. The van der Waals surface area contributed by atoms with Crippen molar-refractivity contribution in [2.75, 3.05) is 13.1 Å². The van der Waals surface area contributed by atoms with Crippen LogP contribution in [0, 0.1) is 0 Å². The number of urea groups is 1. The highest BCUT2D eigenvalue weighted by Gasteiger charge is 2.23. The Morgan fingerprint density at radius 3 is 2.25 bits per heavy atom. The Morgan fingerprint density at radius 2 is 1.88 bits per heavy atom. The largest absolute Gasteiger partial charge is 0.351 e. The van der Waals surface area contributed by atoms with Gasteiger partial charge in [-0.2, -0.15) is 0 Å². The monoisotopic (exact) mass is 230 g/mol. The summed E-state index contributed by atoms with van der Waals surface area (Å²) in [5.74, 6) is -0.377. The van der Waals surface area contributed by atoms with E-state index >= 15 is 0 Å². The highest BCUT2D eigenvalue weighted by Crippen LogP contribution is 2.06. The second-order valence-corrected chi connectivity index (χ2v) is 4.00. The molecule has 0 saturated carbocycles. The fourth-order valence-corrected chi connectivity index (χ4v) is 1.55. The van der Waals surface area contributed by atoms with E-state index in [2.05, 4.69) is 5.32 Å². The van der Waals surface area contributed by atoms with Gasteiger partial charge in [-0.15, -0.1) is 0 Å². The van der Waals surface area contributed by atoms with Crippen molar-refractivity contribution >= 4 is 11.9 Å². The van der Waals surface area contributed by atoms with E-state index in [4.69, 9.17) is 11.5 Å². The second-order valence-electron chi connectivity index (χ2n) is 4.00. The number of amides is 3. The minimum Gasteiger partial charge on any atom is -0.351 e. The van der Waals surface area contributed by atoms with Gasteiger partial charge in [0.05, 0.1) is 6.04 Å². The number of hydrogen-bond donors (Lipinski definition) is 3. The van der Waals surface area contributed by atoms with Crippen LogP contribution in [-0.4, -0.2) is 42.0 Å². The van der Waals surface area contributed by atoms with Crippen LogP contribution in [0.1, 0.15) is 27.2 Å². The maximum absolute atomic E-state index is 11.6. The van der Waals surface area contributed by atoms with Crippen LogP contribution in [0.25, 0.3) is 0 Å². The zero-order chi connectivity index (χ0) is 12.7. The number of imide groups is 1. The fourth-order valence-electron chi connectivity index (χ4n) is 1.55. The quantitative estimate of drug-likeness (QED) is 0.579. The van der Waals surface area contributed by atoms with Crippen LogP contribution in [0.3, 0.4) is 0 Å². The normalized spacial score (nSPS) is 12.9. The molecule has 0 fully saturated rings. The fraction of sp³-hybridized carbons (Fsp3) is 0.800. The maximum Gasteiger partial charge on any atom is 0.318 e. The highest BCUT2D eigenvalue weighted by molar-refractivity contribution is 5.96. The van der Waals surface area contributed by atoms with Crippen molar-refractivity contribution in [2.24, 2.45) is 11.5 Å². The first-order chi connectivity index (χ1) is 7.40. The highest BCUT2D eigenvalue weighted by atomic mass is 16.2. The average molecular weight is 230 g/mol. The standard InChI is InChI=1S/C10H22N4O2/c1-7(2)14(6-4-5-11)8(3)9(15)13-10(12)16/h7-8H,4-6,11H2,1-3H3,(H3,12,13,15,16). The van der Waals surface area contributed by atoms with Crippen LogP contribution in [0.4, 0.5) is 4.79 Å². The Labute approximate surface area is 96.3 Å². The minimum atomic E-state index is -0.820. The van der Waals surface area contributed by atoms with E-state index < -0.39 is 6.03 Å². The van der Waals surface area contributed by atoms with Gasteiger partial charge in [-0.25, -0.2) is 4.79 Å². The van der Waals surface area contributed by atoms with Gasteiger partial charge in [0, 0.05) is 12.6 Å². The van der Waals surface area contributed by atoms with Crippen LogP contribution in [0.15, 0.2) is 0 Å². The van der Waals surface area contributed by atoms with E-state index in [0.717, 1.165) is 13.0 Å². The van der Waals surface area contributed by atoms with Crippen LogP contribution < -0.4 is 16.8 Å². The molecule has 0 aromatic rings. The lowest BCUT2D eigenvalue weighted by Gasteiger charge is -2.31. The van der Waals surface area contributed by atoms with Crippen molar-refractivity contribution in [3.8, 4) is 0 Å². The molecule has 0 heterocycles. The predicted octanol–water partition coefficient (Wildman–Crippen LogP) is -0.371. The minimum absolute atomic E-state index is 0.208. The summed E-state index contributed by atoms with van der Waals surface area (Å²) in [5.41, 5.74) is 10.3. The molecule has 1 unspecified atom stereocenters. The van der Waals surface area contributed by atoms with Gasteiger partial charge >= 0.3 is 6.03 Å². The maximum atomic E-state index is 11.6. The molecule has 0 saturated heterocycles. The summed E-state index contributed by atoms with van der Waals surface area (Å²) in [5, 5.41) is 2.08. The molecule has 0 aliphatic rings. The van der Waals surface area contributed by atoms with Gasteiger partial charge in [-0.05, 0) is 33.7 Å². The number of nitrogens with two attached hydrogens (primary N) is 2. The van der Waals surface area contributed by atoms with Gasteiger partial charge in [-0.1, -0.05) is 0 Å². The third kappa shape index (κ3) is 5.09. The summed E-state index contributed by atoms with van der Waals surface area (Å²) in [4.78, 5) is 24.1. The summed E-state index contributed by atoms with van der Waals surface area (Å²) in [6, 6.07) is -1.00. The van der Waals surface area contributed by atoms with Crippen molar-refractivity contribution in [1.82, 2.24) is 10.2 Å². The smallest absolute Gasteiger partial charge is 0.318 e. The molecule has 0 aliphatic carbocycles. The number of nitrogens with zero attached hydrogens (tertiary/aromatic N) is 1. The molecule has 0 aromatic carbocycles. The number of primary amides is 1. The first-order valence-electron chi connectivity index (χ1n) is 5.46. The second kappa shape index (κ2) is 7.19. The first kappa shape index (κ1) is 14.9. The third-order valence-electron chi connectivity index (χ3n) is 2.41. The molecule has 0 aliphatic heterocycles. The summed E-state index contributed by atoms with van der Waals surface area (Å²) < 4.78 is 0. The molecule has 16 heavy (non-hydrogen) atoms. The lowest BCUT2D eigenvalue weighted by Crippen LogP contribution is -2.51. The Kier molecular flexibility index (Phi) is 6.67. The number of nitrogens with one attached hydrogen (secondary N) is 1. The molecule has 0 spiro atoms. The zero-order valence-corrected chi connectivity index (χ0v) is 10.2. The number of carbonyl (C=O) groups is 2. The van der Waals surface area contributed by atoms with Crippen molar-refractivity contribution in [3.63, 3.8) is 0 Å². The van der Waals surface area contributed by atoms with E-state index in [0.29, 0.717) is 6.54 Å². The molecule has 0 radical (unpaired) electrons. The topological polar surface area (TPSA) is 101 Å². The lowest BCUT2D eigenvalue weighted by molar-refractivity contribution is -0.125. The van der Waals surface area contributed by atoms with Crippen LogP contribution in [0.5, 0.6) is 0 Å². The molecule has 3 amide bonds. The third-order valence-corrected chi connectivity index (χ3v) is 2.41. The molecule has 6 heteroatoms. The molecule has 94 valence electrons. The lowest BCUT2D eigenvalue weighted by atomic mass is 10.2. The number of carbonyl (C=O) groups excluding carboxylic acids is 2. The van der Waals surface area contributed by atoms with E-state index in [1.165, 1.54) is 0 Å². The van der Waals surface area contributed by atoms with E-state index in [9.17, 15) is 9.59 Å². The van der Waals surface area contributed by atoms with Gasteiger partial charge in [-0.3, -0.25) is 15.0 Å². The molecular formula is C10H22N4O2. The van der Waals surface area contributed by atoms with Crippen LogP contribution in [-0.2, 0) is 4.79 Å². The predicted molar refractivity (Wildman–Crippen MR) is 62.7 cm³/mol. The molecule has 0 aromatic heterocycles. The van der Waals surface area contributed by atoms with Crippen molar-refractivity contribution in [3.05, 3.63) is 0 Å². The van der Waals surface area contributed by atoms with Crippen LogP contribution in [0.2, 0.25) is 0 Å². The average Bonchev–Trinajstić information content (AvgIpc) is 2.16. The van der Waals surface area contributed by atoms with Gasteiger partial charge < -0.3 is 11.5 Å². The number of hydrogen-bond acceptors (Lipinski definition) is 4. The van der Waals surface area contributed by atoms with Gasteiger partial charge in [0.15, 0.2) is 0 Å².